The van der Waals surface area contributed by atoms with Gasteiger partial charge in [-0.3, -0.25) is 4.79 Å². The molecule has 44 heavy (non-hydrogen) atoms. The van der Waals surface area contributed by atoms with Crippen LogP contribution in [0.1, 0.15) is 64.6 Å². The number of aromatic nitrogens is 3. The Bertz CT molecular complexity index is 1850. The SMILES string of the molecule is COC(=O)Cn1c(-c2ccc3nc(-c4sc(CC[OH+]C)nc4C)ccc3c2)c(C2CCCCC2)c2ccc(C(=O)OC)cc21. The van der Waals surface area contributed by atoms with E-state index in [1.54, 1.807) is 11.3 Å². The normalized spacial score (nSPS) is 13.9. The van der Waals surface area contributed by atoms with Gasteiger partial charge < -0.3 is 18.8 Å². The van der Waals surface area contributed by atoms with E-state index in [1.165, 1.54) is 39.0 Å². The number of fused-ring (bicyclic) bond motifs is 2. The number of benzene rings is 2. The topological polar surface area (TPSA) is 96.1 Å². The van der Waals surface area contributed by atoms with Crippen LogP contribution in [0, 0.1) is 6.92 Å². The Morgan fingerprint density at radius 3 is 2.57 bits per heavy atom. The fourth-order valence-electron chi connectivity index (χ4n) is 6.50. The summed E-state index contributed by atoms with van der Waals surface area (Å²) in [5, 5.41) is 3.15. The average molecular weight is 613 g/mol. The largest absolute Gasteiger partial charge is 0.468 e. The summed E-state index contributed by atoms with van der Waals surface area (Å²) in [6.45, 7) is 2.83. The van der Waals surface area contributed by atoms with Gasteiger partial charge in [-0.15, -0.1) is 11.3 Å². The number of carbonyl (C=O) groups excluding carboxylic acids is 2. The van der Waals surface area contributed by atoms with Gasteiger partial charge in [-0.25, -0.2) is 14.8 Å². The molecule has 5 aromatic rings. The molecule has 3 aromatic heterocycles. The van der Waals surface area contributed by atoms with E-state index in [0.717, 1.165) is 80.2 Å². The van der Waals surface area contributed by atoms with Gasteiger partial charge in [-0.1, -0.05) is 37.5 Å². The van der Waals surface area contributed by atoms with Crippen LogP contribution in [0.15, 0.2) is 48.5 Å². The van der Waals surface area contributed by atoms with Gasteiger partial charge in [0.25, 0.3) is 0 Å². The van der Waals surface area contributed by atoms with Crippen molar-refractivity contribution >= 4 is 45.1 Å². The zero-order chi connectivity index (χ0) is 30.8. The molecule has 0 atom stereocenters. The molecule has 1 fully saturated rings. The predicted octanol–water partition coefficient (Wildman–Crippen LogP) is 7.00. The fraction of sp³-hybridized carbons (Fsp3) is 0.371. The van der Waals surface area contributed by atoms with Gasteiger partial charge in [0.2, 0.25) is 0 Å². The lowest BCUT2D eigenvalue weighted by Gasteiger charge is -2.24. The highest BCUT2D eigenvalue weighted by atomic mass is 32.1. The number of pyridine rings is 1. The fourth-order valence-corrected chi connectivity index (χ4v) is 7.52. The Morgan fingerprint density at radius 2 is 1.82 bits per heavy atom. The summed E-state index contributed by atoms with van der Waals surface area (Å²) in [7, 11) is 4.61. The summed E-state index contributed by atoms with van der Waals surface area (Å²) in [6.07, 6.45) is 6.59. The van der Waals surface area contributed by atoms with E-state index in [-0.39, 0.29) is 12.5 Å². The molecule has 1 aliphatic rings. The molecule has 0 unspecified atom stereocenters. The Kier molecular flexibility index (Phi) is 8.77. The van der Waals surface area contributed by atoms with Gasteiger partial charge in [0.05, 0.1) is 59.2 Å². The standard InChI is InChI=1S/C35H37N3O5S/c1-21-34(44-30(36-21)16-17-41-2)28-15-11-23-18-24(12-14-27(23)37-28)33-32(22-8-6-5-7-9-22)26-13-10-25(35(40)43-4)19-29(26)38(33)20-31(39)42-3/h10-15,18-19,22H,5-9,16-17,20H2,1-4H3/p+1. The molecule has 228 valence electrons. The number of esters is 2. The molecule has 8 nitrogen and oxygen atoms in total. The van der Waals surface area contributed by atoms with Gasteiger partial charge in [0.1, 0.15) is 18.7 Å². The molecule has 3 heterocycles. The molecule has 2 aromatic carbocycles. The highest BCUT2D eigenvalue weighted by Crippen LogP contribution is 2.45. The van der Waals surface area contributed by atoms with Crippen LogP contribution in [0.5, 0.6) is 0 Å². The minimum absolute atomic E-state index is 0.0349. The lowest BCUT2D eigenvalue weighted by molar-refractivity contribution is -0.141. The Hall–Kier alpha value is -4.08. The molecule has 6 rings (SSSR count). The molecule has 0 amide bonds. The van der Waals surface area contributed by atoms with E-state index in [9.17, 15) is 9.59 Å². The second-order valence-corrected chi connectivity index (χ2v) is 12.5. The van der Waals surface area contributed by atoms with Crippen LogP contribution in [-0.2, 0) is 27.2 Å². The number of thiazole rings is 1. The smallest absolute Gasteiger partial charge is 0.337 e. The first-order valence-electron chi connectivity index (χ1n) is 15.2. The molecular weight excluding hydrogens is 574 g/mol. The third-order valence-corrected chi connectivity index (χ3v) is 9.88. The second kappa shape index (κ2) is 12.9. The van der Waals surface area contributed by atoms with Crippen molar-refractivity contribution in [3.63, 3.8) is 0 Å². The van der Waals surface area contributed by atoms with Crippen molar-refractivity contribution in [3.8, 4) is 21.8 Å². The third kappa shape index (κ3) is 5.74. The molecular formula is C35H38N3O5S+. The summed E-state index contributed by atoms with van der Waals surface area (Å²) in [4.78, 5) is 36.2. The highest BCUT2D eigenvalue weighted by molar-refractivity contribution is 7.15. The van der Waals surface area contributed by atoms with Gasteiger partial charge in [0.15, 0.2) is 6.61 Å². The van der Waals surface area contributed by atoms with Crippen molar-refractivity contribution in [1.29, 1.82) is 0 Å². The summed E-state index contributed by atoms with van der Waals surface area (Å²) in [5.74, 6) is -0.403. The highest BCUT2D eigenvalue weighted by Gasteiger charge is 2.28. The number of aliphatic hydroxyl groups is 2. The Balaban J connectivity index is 1.51. The molecule has 1 aliphatic carbocycles. The van der Waals surface area contributed by atoms with Crippen LogP contribution in [0.3, 0.4) is 0 Å². The monoisotopic (exact) mass is 612 g/mol. The van der Waals surface area contributed by atoms with E-state index in [1.807, 2.05) is 36.8 Å². The third-order valence-electron chi connectivity index (χ3n) is 8.64. The predicted molar refractivity (Wildman–Crippen MR) is 174 cm³/mol. The molecule has 0 saturated heterocycles. The first-order chi connectivity index (χ1) is 21.4. The summed E-state index contributed by atoms with van der Waals surface area (Å²) in [6, 6.07) is 16.2. The van der Waals surface area contributed by atoms with Crippen molar-refractivity contribution in [2.24, 2.45) is 0 Å². The number of nitrogens with zero attached hydrogens (tertiary/aromatic N) is 3. The van der Waals surface area contributed by atoms with Gasteiger partial charge >= 0.3 is 11.9 Å². The van der Waals surface area contributed by atoms with Crippen LogP contribution < -0.4 is 0 Å². The first-order valence-corrected chi connectivity index (χ1v) is 16.0. The van der Waals surface area contributed by atoms with E-state index in [0.29, 0.717) is 11.5 Å². The number of hydrogen-bond acceptors (Lipinski definition) is 7. The lowest BCUT2D eigenvalue weighted by Crippen LogP contribution is -2.13. The van der Waals surface area contributed by atoms with Crippen molar-refractivity contribution in [3.05, 3.63) is 70.4 Å². The van der Waals surface area contributed by atoms with Crippen molar-refractivity contribution in [2.45, 2.75) is 57.9 Å². The van der Waals surface area contributed by atoms with Crippen molar-refractivity contribution < 1.29 is 23.8 Å². The minimum Gasteiger partial charge on any atom is -0.468 e. The maximum atomic E-state index is 12.8. The summed E-state index contributed by atoms with van der Waals surface area (Å²) >= 11 is 1.68. The summed E-state index contributed by atoms with van der Waals surface area (Å²) in [5.41, 5.74) is 7.31. The van der Waals surface area contributed by atoms with Gasteiger partial charge in [-0.2, -0.15) is 0 Å². The van der Waals surface area contributed by atoms with Crippen LogP contribution >= 0.6 is 11.3 Å². The molecule has 1 saturated carbocycles. The minimum atomic E-state index is -0.408. The van der Waals surface area contributed by atoms with Gasteiger partial charge in [0, 0.05) is 10.8 Å². The number of aryl methyl sites for hydroxylation is 1. The molecule has 1 N–H and O–H groups in total. The number of rotatable bonds is 9. The van der Waals surface area contributed by atoms with Crippen LogP contribution in [0.25, 0.3) is 43.6 Å². The Labute approximate surface area is 261 Å². The zero-order valence-electron chi connectivity index (χ0n) is 25.7. The number of ether oxygens (including phenoxy) is 3. The average Bonchev–Trinajstić information content (AvgIpc) is 3.59. The Morgan fingerprint density at radius 1 is 1.00 bits per heavy atom. The second-order valence-electron chi connectivity index (χ2n) is 11.4. The molecule has 0 radical (unpaired) electrons. The molecule has 9 heteroatoms. The summed E-state index contributed by atoms with van der Waals surface area (Å²) < 4.78 is 16.4. The van der Waals surface area contributed by atoms with Crippen LogP contribution in [0.4, 0.5) is 0 Å². The van der Waals surface area contributed by atoms with E-state index in [2.05, 4.69) is 35.1 Å². The van der Waals surface area contributed by atoms with Crippen molar-refractivity contribution in [1.82, 2.24) is 14.5 Å². The molecule has 0 spiro atoms. The maximum absolute atomic E-state index is 12.8. The molecule has 0 bridgehead atoms. The van der Waals surface area contributed by atoms with E-state index in [4.69, 9.17) is 19.4 Å². The first kappa shape index (κ1) is 30.0. The van der Waals surface area contributed by atoms with Crippen molar-refractivity contribution in [2.75, 3.05) is 27.9 Å². The van der Waals surface area contributed by atoms with Crippen LogP contribution in [-0.4, -0.2) is 59.1 Å². The number of hydrogen-bond donors (Lipinski definition) is 0. The zero-order valence-corrected chi connectivity index (χ0v) is 26.5. The molecule has 0 aliphatic heterocycles. The van der Waals surface area contributed by atoms with Crippen LogP contribution in [0.2, 0.25) is 0 Å². The quantitative estimate of drug-likeness (QED) is 0.131. The van der Waals surface area contributed by atoms with E-state index < -0.39 is 5.97 Å². The number of methoxy groups -OCH3 is 2. The van der Waals surface area contributed by atoms with E-state index >= 15 is 0 Å². The maximum Gasteiger partial charge on any atom is 0.337 e. The lowest BCUT2D eigenvalue weighted by atomic mass is 9.81. The number of carbonyl (C=O) groups is 2. The van der Waals surface area contributed by atoms with Gasteiger partial charge in [-0.05, 0) is 67.1 Å².